The van der Waals surface area contributed by atoms with Crippen LogP contribution in [0.3, 0.4) is 0 Å². The molecular weight excluding hydrogens is 354 g/mol. The highest BCUT2D eigenvalue weighted by molar-refractivity contribution is 9.08. The predicted octanol–water partition coefficient (Wildman–Crippen LogP) is 3.56. The van der Waals surface area contributed by atoms with Crippen molar-refractivity contribution in [3.63, 3.8) is 0 Å². The first-order valence-electron chi connectivity index (χ1n) is 7.29. The van der Waals surface area contributed by atoms with E-state index in [9.17, 15) is 13.5 Å². The quantitative estimate of drug-likeness (QED) is 0.704. The van der Waals surface area contributed by atoms with Crippen molar-refractivity contribution in [3.8, 4) is 0 Å². The number of hydrogen-bond acceptors (Lipinski definition) is 3. The number of benzene rings is 1. The summed E-state index contributed by atoms with van der Waals surface area (Å²) in [6.07, 6.45) is 1.47. The van der Waals surface area contributed by atoms with Crippen LogP contribution in [0.4, 0.5) is 0 Å². The van der Waals surface area contributed by atoms with E-state index < -0.39 is 22.2 Å². The molecule has 0 aliphatic heterocycles. The molecule has 0 fully saturated rings. The van der Waals surface area contributed by atoms with Crippen LogP contribution in [0.2, 0.25) is 0 Å². The van der Waals surface area contributed by atoms with Gasteiger partial charge in [0.25, 0.3) is 10.0 Å². The van der Waals surface area contributed by atoms with E-state index in [2.05, 4.69) is 16.1 Å². The molecule has 1 N–H and O–H groups in total. The third-order valence-electron chi connectivity index (χ3n) is 3.71. The van der Waals surface area contributed by atoms with Crippen molar-refractivity contribution < 1.29 is 13.5 Å². The fraction of sp³-hybridized carbons (Fsp3) is 0.600. The maximum Gasteiger partial charge on any atom is 0.252 e. The minimum absolute atomic E-state index is 0.0458. The zero-order valence-electron chi connectivity index (χ0n) is 12.7. The molecule has 0 aliphatic rings. The molecule has 0 aliphatic carbocycles. The van der Waals surface area contributed by atoms with Gasteiger partial charge in [-0.25, -0.2) is 8.42 Å². The normalized spacial score (nSPS) is 16.7. The van der Waals surface area contributed by atoms with Gasteiger partial charge >= 0.3 is 0 Å². The molecule has 0 saturated carbocycles. The van der Waals surface area contributed by atoms with Crippen molar-refractivity contribution in [1.82, 2.24) is 3.33 Å². The first-order chi connectivity index (χ1) is 9.86. The lowest BCUT2D eigenvalue weighted by Gasteiger charge is -2.33. The van der Waals surface area contributed by atoms with Gasteiger partial charge in [-0.15, -0.1) is 3.33 Å². The summed E-state index contributed by atoms with van der Waals surface area (Å²) in [5.74, 6) is 0.0458. The van der Waals surface area contributed by atoms with Gasteiger partial charge in [0.05, 0.1) is 17.0 Å². The molecule has 120 valence electrons. The third-order valence-corrected chi connectivity index (χ3v) is 6.90. The number of halogens is 1. The summed E-state index contributed by atoms with van der Waals surface area (Å²) < 4.78 is 26.5. The Balaban J connectivity index is 3.13. The molecular formula is C15H24BrNO3S. The van der Waals surface area contributed by atoms with Crippen molar-refractivity contribution in [2.45, 2.75) is 57.1 Å². The number of aliphatic hydroxyl groups excluding tert-OH is 1. The molecule has 0 amide bonds. The van der Waals surface area contributed by atoms with Crippen LogP contribution in [-0.4, -0.2) is 29.0 Å². The third kappa shape index (κ3) is 4.52. The Morgan fingerprint density at radius 3 is 2.29 bits per heavy atom. The molecule has 0 spiro atoms. The zero-order chi connectivity index (χ0) is 16.0. The van der Waals surface area contributed by atoms with Crippen LogP contribution >= 0.6 is 16.1 Å². The first-order valence-corrected chi connectivity index (χ1v) is 9.44. The lowest BCUT2D eigenvalue weighted by Crippen LogP contribution is -2.45. The summed E-state index contributed by atoms with van der Waals surface area (Å²) >= 11 is 3.20. The lowest BCUT2D eigenvalue weighted by atomic mass is 9.93. The second-order valence-corrected chi connectivity index (χ2v) is 8.34. The van der Waals surface area contributed by atoms with Gasteiger partial charge in [0.1, 0.15) is 0 Å². The van der Waals surface area contributed by atoms with Gasteiger partial charge < -0.3 is 5.11 Å². The molecule has 0 heterocycles. The molecule has 3 atom stereocenters. The van der Waals surface area contributed by atoms with E-state index in [0.29, 0.717) is 6.42 Å². The molecule has 4 nitrogen and oxygen atoms in total. The number of aliphatic hydroxyl groups is 1. The van der Waals surface area contributed by atoms with Gasteiger partial charge in [0, 0.05) is 16.1 Å². The standard InChI is InChI=1S/C15H24BrNO3S/c1-4-9-14(18)15(12(3)5-2)17(16)21(19,20)13-10-7-6-8-11-13/h6-8,10-12,14-15,18H,4-5,9H2,1-3H3/t12-,14-,15-/m0/s1. The molecule has 0 bridgehead atoms. The largest absolute Gasteiger partial charge is 0.391 e. The molecule has 1 rings (SSSR count). The molecule has 1 aromatic rings. The van der Waals surface area contributed by atoms with E-state index >= 15 is 0 Å². The maximum atomic E-state index is 12.7. The highest BCUT2D eigenvalue weighted by Gasteiger charge is 2.36. The predicted molar refractivity (Wildman–Crippen MR) is 88.6 cm³/mol. The van der Waals surface area contributed by atoms with Gasteiger partial charge in [-0.05, 0) is 24.5 Å². The Labute approximate surface area is 136 Å². The van der Waals surface area contributed by atoms with Gasteiger partial charge in [0.15, 0.2) is 0 Å². The Bertz CT molecular complexity index is 521. The molecule has 0 unspecified atom stereocenters. The summed E-state index contributed by atoms with van der Waals surface area (Å²) in [4.78, 5) is 0.221. The Hall–Kier alpha value is -0.430. The van der Waals surface area contributed by atoms with E-state index in [0.717, 1.165) is 16.2 Å². The summed E-state index contributed by atoms with van der Waals surface area (Å²) in [6.45, 7) is 5.92. The molecule has 6 heteroatoms. The van der Waals surface area contributed by atoms with Crippen LogP contribution < -0.4 is 0 Å². The summed E-state index contributed by atoms with van der Waals surface area (Å²) in [5, 5.41) is 10.4. The molecule has 0 radical (unpaired) electrons. The van der Waals surface area contributed by atoms with Crippen molar-refractivity contribution in [2.24, 2.45) is 5.92 Å². The van der Waals surface area contributed by atoms with Crippen LogP contribution in [0.1, 0.15) is 40.0 Å². The monoisotopic (exact) mass is 377 g/mol. The molecule has 1 aromatic carbocycles. The van der Waals surface area contributed by atoms with E-state index in [1.54, 1.807) is 30.3 Å². The van der Waals surface area contributed by atoms with Crippen molar-refractivity contribution in [3.05, 3.63) is 30.3 Å². The number of nitrogens with zero attached hydrogens (tertiary/aromatic N) is 1. The average Bonchev–Trinajstić information content (AvgIpc) is 2.48. The number of rotatable bonds is 8. The fourth-order valence-corrected chi connectivity index (χ4v) is 4.83. The average molecular weight is 378 g/mol. The zero-order valence-corrected chi connectivity index (χ0v) is 15.1. The topological polar surface area (TPSA) is 57.6 Å². The van der Waals surface area contributed by atoms with E-state index in [-0.39, 0.29) is 10.8 Å². The summed E-state index contributed by atoms with van der Waals surface area (Å²) in [7, 11) is -3.67. The van der Waals surface area contributed by atoms with Gasteiger partial charge in [-0.3, -0.25) is 0 Å². The number of sulfonamides is 1. The van der Waals surface area contributed by atoms with Crippen LogP contribution in [-0.2, 0) is 10.0 Å². The lowest BCUT2D eigenvalue weighted by molar-refractivity contribution is 0.0813. The van der Waals surface area contributed by atoms with E-state index in [4.69, 9.17) is 0 Å². The Kier molecular flexibility index (Phi) is 7.33. The fourth-order valence-electron chi connectivity index (χ4n) is 2.28. The molecule has 0 saturated heterocycles. The highest BCUT2D eigenvalue weighted by atomic mass is 79.9. The van der Waals surface area contributed by atoms with Crippen molar-refractivity contribution in [1.29, 1.82) is 0 Å². The van der Waals surface area contributed by atoms with Crippen LogP contribution in [0.25, 0.3) is 0 Å². The first kappa shape index (κ1) is 18.6. The summed E-state index contributed by atoms with van der Waals surface area (Å²) in [6, 6.07) is 7.78. The Morgan fingerprint density at radius 2 is 1.81 bits per heavy atom. The van der Waals surface area contributed by atoms with Gasteiger partial charge in [-0.2, -0.15) is 0 Å². The Morgan fingerprint density at radius 1 is 1.24 bits per heavy atom. The van der Waals surface area contributed by atoms with E-state index in [1.807, 2.05) is 20.8 Å². The second kappa shape index (κ2) is 8.27. The second-order valence-electron chi connectivity index (χ2n) is 5.29. The van der Waals surface area contributed by atoms with Crippen LogP contribution in [0, 0.1) is 5.92 Å². The minimum Gasteiger partial charge on any atom is -0.391 e. The van der Waals surface area contributed by atoms with Crippen molar-refractivity contribution >= 4 is 26.2 Å². The van der Waals surface area contributed by atoms with E-state index in [1.165, 1.54) is 0 Å². The van der Waals surface area contributed by atoms with Gasteiger partial charge in [0.2, 0.25) is 0 Å². The van der Waals surface area contributed by atoms with Crippen LogP contribution in [0.15, 0.2) is 35.2 Å². The minimum atomic E-state index is -3.67. The summed E-state index contributed by atoms with van der Waals surface area (Å²) in [5.41, 5.74) is 0. The van der Waals surface area contributed by atoms with Gasteiger partial charge in [-0.1, -0.05) is 51.8 Å². The maximum absolute atomic E-state index is 12.7. The molecule has 0 aromatic heterocycles. The SMILES string of the molecule is CCC[C@H](O)[C@H]([C@@H](C)CC)N(Br)S(=O)(=O)c1ccccc1. The molecule has 21 heavy (non-hydrogen) atoms. The number of hydrogen-bond donors (Lipinski definition) is 1. The smallest absolute Gasteiger partial charge is 0.252 e. The van der Waals surface area contributed by atoms with Crippen molar-refractivity contribution in [2.75, 3.05) is 0 Å². The highest BCUT2D eigenvalue weighted by Crippen LogP contribution is 2.29. The van der Waals surface area contributed by atoms with Crippen LogP contribution in [0.5, 0.6) is 0 Å².